The average Bonchev–Trinajstić information content (AvgIpc) is 2.61. The number of carbonyl (C=O) groups excluding carboxylic acids is 1. The van der Waals surface area contributed by atoms with Gasteiger partial charge < -0.3 is 0 Å². The van der Waals surface area contributed by atoms with Crippen molar-refractivity contribution >= 4 is 5.78 Å². The lowest BCUT2D eigenvalue weighted by atomic mass is 9.95. The molecule has 88 valence electrons. The van der Waals surface area contributed by atoms with Crippen LogP contribution in [0.2, 0.25) is 0 Å². The lowest BCUT2D eigenvalue weighted by molar-refractivity contribution is -0.116. The molecule has 0 aliphatic heterocycles. The van der Waals surface area contributed by atoms with Gasteiger partial charge in [0.1, 0.15) is 5.78 Å². The maximum Gasteiger partial charge on any atom is 0.134 e. The van der Waals surface area contributed by atoms with E-state index in [1.165, 1.54) is 37.8 Å². The van der Waals surface area contributed by atoms with Crippen LogP contribution in [0.4, 0.5) is 0 Å². The second kappa shape index (κ2) is 4.81. The zero-order chi connectivity index (χ0) is 11.5. The maximum absolute atomic E-state index is 11.1. The van der Waals surface area contributed by atoms with Gasteiger partial charge in [0.05, 0.1) is 12.2 Å². The van der Waals surface area contributed by atoms with Crippen molar-refractivity contribution < 1.29 is 4.79 Å². The normalized spacial score (nSPS) is 17.6. The lowest BCUT2D eigenvalue weighted by Gasteiger charge is -2.23. The molecule has 16 heavy (non-hydrogen) atoms. The molecule has 1 saturated carbocycles. The summed E-state index contributed by atoms with van der Waals surface area (Å²) in [5.41, 5.74) is 2.28. The van der Waals surface area contributed by atoms with Crippen molar-refractivity contribution in [2.75, 3.05) is 0 Å². The molecule has 1 aromatic rings. The second-order valence-electron chi connectivity index (χ2n) is 4.87. The first-order chi connectivity index (χ1) is 7.68. The highest BCUT2D eigenvalue weighted by atomic mass is 16.1. The summed E-state index contributed by atoms with van der Waals surface area (Å²) in [5.74, 6) is 0.214. The van der Waals surface area contributed by atoms with Crippen molar-refractivity contribution in [2.45, 2.75) is 58.4 Å². The van der Waals surface area contributed by atoms with Crippen LogP contribution in [0.3, 0.4) is 0 Å². The van der Waals surface area contributed by atoms with Crippen molar-refractivity contribution in [1.82, 2.24) is 9.78 Å². The van der Waals surface area contributed by atoms with Crippen LogP contribution in [0, 0.1) is 6.92 Å². The quantitative estimate of drug-likeness (QED) is 0.785. The fraction of sp³-hybridized carbons (Fsp3) is 0.692. The molecule has 1 fully saturated rings. The van der Waals surface area contributed by atoms with E-state index in [4.69, 9.17) is 0 Å². The summed E-state index contributed by atoms with van der Waals surface area (Å²) in [5, 5.41) is 4.46. The third-order valence-corrected chi connectivity index (χ3v) is 3.51. The SMILES string of the molecule is CC(=O)Cc1cnn(C2CCCCC2)c1C. The molecule has 0 bridgehead atoms. The van der Waals surface area contributed by atoms with Crippen molar-refractivity contribution in [3.63, 3.8) is 0 Å². The van der Waals surface area contributed by atoms with Gasteiger partial charge in [0, 0.05) is 17.7 Å². The van der Waals surface area contributed by atoms with E-state index in [1.807, 2.05) is 6.20 Å². The standard InChI is InChI=1S/C13H20N2O/c1-10(16)8-12-9-14-15(11(12)2)13-6-4-3-5-7-13/h9,13H,3-8H2,1-2H3. The van der Waals surface area contributed by atoms with E-state index in [-0.39, 0.29) is 5.78 Å². The Labute approximate surface area is 96.8 Å². The molecule has 3 heteroatoms. The highest BCUT2D eigenvalue weighted by Crippen LogP contribution is 2.29. The van der Waals surface area contributed by atoms with E-state index < -0.39 is 0 Å². The molecule has 1 aliphatic carbocycles. The summed E-state index contributed by atoms with van der Waals surface area (Å²) in [6, 6.07) is 0.564. The fourth-order valence-corrected chi connectivity index (χ4v) is 2.59. The molecule has 0 aromatic carbocycles. The Bertz CT molecular complexity index is 375. The predicted octanol–water partition coefficient (Wildman–Crippen LogP) is 2.83. The molecular formula is C13H20N2O. The summed E-state index contributed by atoms with van der Waals surface area (Å²) in [6.45, 7) is 3.72. The Hall–Kier alpha value is -1.12. The first kappa shape index (κ1) is 11.4. The molecule has 0 saturated heterocycles. The molecule has 0 radical (unpaired) electrons. The van der Waals surface area contributed by atoms with Gasteiger partial charge in [0.25, 0.3) is 0 Å². The van der Waals surface area contributed by atoms with Crippen LogP contribution in [-0.4, -0.2) is 15.6 Å². The number of carbonyl (C=O) groups is 1. The summed E-state index contributed by atoms with van der Waals surface area (Å²) >= 11 is 0. The van der Waals surface area contributed by atoms with Crippen molar-refractivity contribution in [1.29, 1.82) is 0 Å². The summed E-state index contributed by atoms with van der Waals surface area (Å²) in [7, 11) is 0. The predicted molar refractivity (Wildman–Crippen MR) is 63.5 cm³/mol. The number of aromatic nitrogens is 2. The van der Waals surface area contributed by atoms with Crippen molar-refractivity contribution in [3.8, 4) is 0 Å². The number of hydrogen-bond donors (Lipinski definition) is 0. The number of Topliss-reactive ketones (excluding diaryl/α,β-unsaturated/α-hetero) is 1. The first-order valence-corrected chi connectivity index (χ1v) is 6.21. The maximum atomic E-state index is 11.1. The Balaban J connectivity index is 2.15. The second-order valence-corrected chi connectivity index (χ2v) is 4.87. The topological polar surface area (TPSA) is 34.9 Å². The van der Waals surface area contributed by atoms with E-state index in [0.29, 0.717) is 12.5 Å². The number of ketones is 1. The Kier molecular flexibility index (Phi) is 3.42. The van der Waals surface area contributed by atoms with E-state index in [1.54, 1.807) is 6.92 Å². The minimum Gasteiger partial charge on any atom is -0.300 e. The average molecular weight is 220 g/mol. The van der Waals surface area contributed by atoms with Gasteiger partial charge >= 0.3 is 0 Å². The molecule has 1 aliphatic rings. The van der Waals surface area contributed by atoms with Crippen LogP contribution in [0.1, 0.15) is 56.3 Å². The zero-order valence-electron chi connectivity index (χ0n) is 10.2. The van der Waals surface area contributed by atoms with Crippen molar-refractivity contribution in [3.05, 3.63) is 17.5 Å². The van der Waals surface area contributed by atoms with Crippen LogP contribution in [0.25, 0.3) is 0 Å². The van der Waals surface area contributed by atoms with Gasteiger partial charge in [-0.05, 0) is 26.7 Å². The molecular weight excluding hydrogens is 200 g/mol. The van der Waals surface area contributed by atoms with Gasteiger partial charge in [0.15, 0.2) is 0 Å². The molecule has 2 rings (SSSR count). The lowest BCUT2D eigenvalue weighted by Crippen LogP contribution is -2.15. The first-order valence-electron chi connectivity index (χ1n) is 6.21. The van der Waals surface area contributed by atoms with Crippen molar-refractivity contribution in [2.24, 2.45) is 0 Å². The summed E-state index contributed by atoms with van der Waals surface area (Å²) in [4.78, 5) is 11.1. The molecule has 1 aromatic heterocycles. The van der Waals surface area contributed by atoms with E-state index in [0.717, 1.165) is 5.56 Å². The third kappa shape index (κ3) is 2.34. The van der Waals surface area contributed by atoms with Crippen LogP contribution >= 0.6 is 0 Å². The fourth-order valence-electron chi connectivity index (χ4n) is 2.59. The Morgan fingerprint density at radius 3 is 2.75 bits per heavy atom. The molecule has 0 atom stereocenters. The molecule has 0 unspecified atom stereocenters. The Morgan fingerprint density at radius 1 is 1.44 bits per heavy atom. The van der Waals surface area contributed by atoms with Crippen LogP contribution < -0.4 is 0 Å². The highest BCUT2D eigenvalue weighted by Gasteiger charge is 2.19. The third-order valence-electron chi connectivity index (χ3n) is 3.51. The minimum absolute atomic E-state index is 0.214. The Morgan fingerprint density at radius 2 is 2.12 bits per heavy atom. The summed E-state index contributed by atoms with van der Waals surface area (Å²) < 4.78 is 2.14. The van der Waals surface area contributed by atoms with Gasteiger partial charge in [-0.25, -0.2) is 0 Å². The van der Waals surface area contributed by atoms with Crippen LogP contribution in [0.5, 0.6) is 0 Å². The minimum atomic E-state index is 0.214. The largest absolute Gasteiger partial charge is 0.300 e. The number of nitrogens with zero attached hydrogens (tertiary/aromatic N) is 2. The monoisotopic (exact) mass is 220 g/mol. The number of hydrogen-bond acceptors (Lipinski definition) is 2. The molecule has 0 spiro atoms. The van der Waals surface area contributed by atoms with Gasteiger partial charge in [-0.1, -0.05) is 19.3 Å². The van der Waals surface area contributed by atoms with Crippen LogP contribution in [-0.2, 0) is 11.2 Å². The van der Waals surface area contributed by atoms with E-state index in [9.17, 15) is 4.79 Å². The highest BCUT2D eigenvalue weighted by molar-refractivity contribution is 5.78. The molecule has 0 amide bonds. The summed E-state index contributed by atoms with van der Waals surface area (Å²) in [6.07, 6.45) is 8.85. The van der Waals surface area contributed by atoms with E-state index >= 15 is 0 Å². The number of rotatable bonds is 3. The van der Waals surface area contributed by atoms with Crippen LogP contribution in [0.15, 0.2) is 6.20 Å². The van der Waals surface area contributed by atoms with Gasteiger partial charge in [-0.15, -0.1) is 0 Å². The smallest absolute Gasteiger partial charge is 0.134 e. The van der Waals surface area contributed by atoms with Gasteiger partial charge in [-0.2, -0.15) is 5.10 Å². The molecule has 3 nitrogen and oxygen atoms in total. The molecule has 0 N–H and O–H groups in total. The molecule has 1 heterocycles. The zero-order valence-corrected chi connectivity index (χ0v) is 10.2. The van der Waals surface area contributed by atoms with Gasteiger partial charge in [-0.3, -0.25) is 9.48 Å². The van der Waals surface area contributed by atoms with Gasteiger partial charge in [0.2, 0.25) is 0 Å². The van der Waals surface area contributed by atoms with E-state index in [2.05, 4.69) is 16.7 Å².